The second-order valence-electron chi connectivity index (χ2n) is 6.32. The third kappa shape index (κ3) is 6.17. The van der Waals surface area contributed by atoms with Gasteiger partial charge in [0.2, 0.25) is 0 Å². The van der Waals surface area contributed by atoms with Crippen molar-refractivity contribution in [3.63, 3.8) is 0 Å². The molecular formula is C16H27FN2. The third-order valence-electron chi connectivity index (χ3n) is 3.35. The van der Waals surface area contributed by atoms with Crippen LogP contribution in [0, 0.1) is 5.82 Å². The molecule has 0 aliphatic rings. The maximum atomic E-state index is 13.6. The summed E-state index contributed by atoms with van der Waals surface area (Å²) in [6.07, 6.45) is 1.06. The normalized spacial score (nSPS) is 13.8. The maximum absolute atomic E-state index is 13.6. The molecule has 1 unspecified atom stereocenters. The van der Waals surface area contributed by atoms with Crippen LogP contribution in [0.4, 0.5) is 4.39 Å². The number of nitrogens with one attached hydrogen (secondary N) is 1. The smallest absolute Gasteiger partial charge is 0.127 e. The van der Waals surface area contributed by atoms with E-state index in [1.807, 2.05) is 19.2 Å². The molecule has 0 bridgehead atoms. The molecule has 0 fully saturated rings. The monoisotopic (exact) mass is 266 g/mol. The fraction of sp³-hybridized carbons (Fsp3) is 0.625. The first-order valence-corrected chi connectivity index (χ1v) is 6.98. The van der Waals surface area contributed by atoms with E-state index in [1.54, 1.807) is 6.07 Å². The Morgan fingerprint density at radius 1 is 1.26 bits per heavy atom. The molecule has 1 rings (SSSR count). The molecule has 0 aliphatic heterocycles. The molecule has 2 nitrogen and oxygen atoms in total. The van der Waals surface area contributed by atoms with Gasteiger partial charge in [0.05, 0.1) is 0 Å². The van der Waals surface area contributed by atoms with Crippen LogP contribution in [0.1, 0.15) is 39.7 Å². The van der Waals surface area contributed by atoms with Crippen LogP contribution in [-0.4, -0.2) is 30.1 Å². The van der Waals surface area contributed by atoms with Gasteiger partial charge in [0.25, 0.3) is 0 Å². The topological polar surface area (TPSA) is 15.3 Å². The lowest BCUT2D eigenvalue weighted by atomic mass is 10.1. The number of nitrogens with zero attached hydrogens (tertiary/aromatic N) is 1. The summed E-state index contributed by atoms with van der Waals surface area (Å²) in [6.45, 7) is 10.3. The van der Waals surface area contributed by atoms with Crippen LogP contribution in [0.25, 0.3) is 0 Å². The molecule has 1 aromatic carbocycles. The summed E-state index contributed by atoms with van der Waals surface area (Å²) in [4.78, 5) is 2.20. The first-order valence-electron chi connectivity index (χ1n) is 6.98. The van der Waals surface area contributed by atoms with Gasteiger partial charge >= 0.3 is 0 Å². The van der Waals surface area contributed by atoms with E-state index in [-0.39, 0.29) is 11.4 Å². The minimum Gasteiger partial charge on any atom is -0.312 e. The Morgan fingerprint density at radius 2 is 1.89 bits per heavy atom. The molecule has 0 saturated carbocycles. The van der Waals surface area contributed by atoms with E-state index in [9.17, 15) is 4.39 Å². The van der Waals surface area contributed by atoms with Gasteiger partial charge in [0.1, 0.15) is 5.82 Å². The summed E-state index contributed by atoms with van der Waals surface area (Å²) in [7, 11) is 2.05. The zero-order chi connectivity index (χ0) is 14.5. The van der Waals surface area contributed by atoms with Crippen LogP contribution in [0.3, 0.4) is 0 Å². The largest absolute Gasteiger partial charge is 0.312 e. The molecule has 0 radical (unpaired) electrons. The lowest BCUT2D eigenvalue weighted by molar-refractivity contribution is 0.229. The number of halogens is 1. The Labute approximate surface area is 117 Å². The van der Waals surface area contributed by atoms with E-state index in [0.29, 0.717) is 12.6 Å². The van der Waals surface area contributed by atoms with Crippen molar-refractivity contribution in [3.8, 4) is 0 Å². The van der Waals surface area contributed by atoms with Crippen LogP contribution >= 0.6 is 0 Å². The molecule has 108 valence electrons. The van der Waals surface area contributed by atoms with Gasteiger partial charge < -0.3 is 5.32 Å². The van der Waals surface area contributed by atoms with Crippen LogP contribution in [-0.2, 0) is 6.54 Å². The van der Waals surface area contributed by atoms with E-state index in [0.717, 1.165) is 18.5 Å². The van der Waals surface area contributed by atoms with E-state index < -0.39 is 0 Å². The Balaban J connectivity index is 2.41. The number of rotatable bonds is 6. The summed E-state index contributed by atoms with van der Waals surface area (Å²) in [5.74, 6) is -0.116. The molecule has 0 aromatic heterocycles. The molecule has 0 spiro atoms. The molecule has 0 heterocycles. The van der Waals surface area contributed by atoms with Gasteiger partial charge in [-0.15, -0.1) is 0 Å². The highest BCUT2D eigenvalue weighted by molar-refractivity contribution is 5.17. The Bertz CT molecular complexity index is 385. The summed E-state index contributed by atoms with van der Waals surface area (Å²) < 4.78 is 13.6. The molecule has 0 aliphatic carbocycles. The van der Waals surface area contributed by atoms with E-state index >= 15 is 0 Å². The lowest BCUT2D eigenvalue weighted by Crippen LogP contribution is -2.39. The molecule has 3 heteroatoms. The highest BCUT2D eigenvalue weighted by atomic mass is 19.1. The summed E-state index contributed by atoms with van der Waals surface area (Å²) >= 11 is 0. The number of hydrogen-bond donors (Lipinski definition) is 1. The Morgan fingerprint density at radius 3 is 2.47 bits per heavy atom. The summed E-state index contributed by atoms with van der Waals surface area (Å²) in [6, 6.07) is 7.42. The Kier molecular flexibility index (Phi) is 5.95. The summed E-state index contributed by atoms with van der Waals surface area (Å²) in [5.41, 5.74) is 0.921. The quantitative estimate of drug-likeness (QED) is 0.848. The van der Waals surface area contributed by atoms with Gasteiger partial charge in [0, 0.05) is 23.7 Å². The second-order valence-corrected chi connectivity index (χ2v) is 6.32. The van der Waals surface area contributed by atoms with Gasteiger partial charge in [0.15, 0.2) is 0 Å². The highest BCUT2D eigenvalue weighted by Gasteiger charge is 2.13. The molecule has 1 atom stereocenters. The highest BCUT2D eigenvalue weighted by Crippen LogP contribution is 2.12. The maximum Gasteiger partial charge on any atom is 0.127 e. The molecule has 0 amide bonds. The first-order chi connectivity index (χ1) is 8.79. The van der Waals surface area contributed by atoms with Crippen molar-refractivity contribution in [3.05, 3.63) is 35.6 Å². The average Bonchev–Trinajstić information content (AvgIpc) is 2.30. The van der Waals surface area contributed by atoms with Gasteiger partial charge in [-0.25, -0.2) is 4.39 Å². The minimum atomic E-state index is -0.116. The number of benzene rings is 1. The van der Waals surface area contributed by atoms with Crippen molar-refractivity contribution >= 4 is 0 Å². The van der Waals surface area contributed by atoms with Crippen LogP contribution in [0.15, 0.2) is 24.3 Å². The van der Waals surface area contributed by atoms with Crippen LogP contribution in [0.2, 0.25) is 0 Å². The van der Waals surface area contributed by atoms with Gasteiger partial charge in [-0.05, 0) is 53.8 Å². The van der Waals surface area contributed by atoms with Crippen molar-refractivity contribution in [2.24, 2.45) is 0 Å². The minimum absolute atomic E-state index is 0.116. The SMILES string of the molecule is CC(CCNC(C)(C)C)N(C)Cc1ccccc1F. The summed E-state index contributed by atoms with van der Waals surface area (Å²) in [5, 5.41) is 3.48. The van der Waals surface area contributed by atoms with Crippen molar-refractivity contribution in [1.29, 1.82) is 0 Å². The molecule has 19 heavy (non-hydrogen) atoms. The molecule has 0 saturated heterocycles. The van der Waals surface area contributed by atoms with E-state index in [4.69, 9.17) is 0 Å². The predicted molar refractivity (Wildman–Crippen MR) is 79.7 cm³/mol. The van der Waals surface area contributed by atoms with E-state index in [2.05, 4.69) is 37.9 Å². The third-order valence-corrected chi connectivity index (χ3v) is 3.35. The zero-order valence-electron chi connectivity index (χ0n) is 12.8. The van der Waals surface area contributed by atoms with Gasteiger partial charge in [-0.3, -0.25) is 4.90 Å². The zero-order valence-corrected chi connectivity index (χ0v) is 12.8. The van der Waals surface area contributed by atoms with E-state index in [1.165, 1.54) is 6.07 Å². The fourth-order valence-corrected chi connectivity index (χ4v) is 1.93. The molecule has 1 aromatic rings. The average molecular weight is 266 g/mol. The van der Waals surface area contributed by atoms with Crippen molar-refractivity contribution in [1.82, 2.24) is 10.2 Å². The van der Waals surface area contributed by atoms with Crippen molar-refractivity contribution < 1.29 is 4.39 Å². The van der Waals surface area contributed by atoms with Crippen molar-refractivity contribution in [2.45, 2.75) is 52.2 Å². The van der Waals surface area contributed by atoms with Crippen LogP contribution in [0.5, 0.6) is 0 Å². The molecule has 1 N–H and O–H groups in total. The predicted octanol–water partition coefficient (Wildman–Crippen LogP) is 3.42. The van der Waals surface area contributed by atoms with Crippen LogP contribution < -0.4 is 5.32 Å². The van der Waals surface area contributed by atoms with Gasteiger partial charge in [-0.1, -0.05) is 18.2 Å². The van der Waals surface area contributed by atoms with Gasteiger partial charge in [-0.2, -0.15) is 0 Å². The lowest BCUT2D eigenvalue weighted by Gasteiger charge is -2.27. The Hall–Kier alpha value is -0.930. The fourth-order valence-electron chi connectivity index (χ4n) is 1.93. The molecular weight excluding hydrogens is 239 g/mol. The standard InChI is InChI=1S/C16H27FN2/c1-13(10-11-18-16(2,3)4)19(5)12-14-8-6-7-9-15(14)17/h6-9,13,18H,10-12H2,1-5H3. The number of hydrogen-bond acceptors (Lipinski definition) is 2. The first kappa shape index (κ1) is 16.1. The van der Waals surface area contributed by atoms with Crippen molar-refractivity contribution in [2.75, 3.05) is 13.6 Å². The second kappa shape index (κ2) is 7.01.